The predicted octanol–water partition coefficient (Wildman–Crippen LogP) is 4.72. The van der Waals surface area contributed by atoms with Crippen molar-refractivity contribution in [1.82, 2.24) is 0 Å². The van der Waals surface area contributed by atoms with Crippen LogP contribution in [0.25, 0.3) is 0 Å². The van der Waals surface area contributed by atoms with E-state index in [1.54, 1.807) is 11.3 Å². The SMILES string of the molecule is CCOc1ccc(NC(C)c2cccs2)cc1OCC. The van der Waals surface area contributed by atoms with E-state index in [2.05, 4.69) is 29.8 Å². The average Bonchev–Trinajstić information content (AvgIpc) is 2.96. The van der Waals surface area contributed by atoms with Crippen LogP contribution < -0.4 is 14.8 Å². The van der Waals surface area contributed by atoms with Gasteiger partial charge < -0.3 is 14.8 Å². The van der Waals surface area contributed by atoms with Crippen LogP contribution in [0.15, 0.2) is 35.7 Å². The number of hydrogen-bond donors (Lipinski definition) is 1. The minimum Gasteiger partial charge on any atom is -0.490 e. The third kappa shape index (κ3) is 3.67. The lowest BCUT2D eigenvalue weighted by atomic mass is 10.2. The van der Waals surface area contributed by atoms with Crippen molar-refractivity contribution >= 4 is 17.0 Å². The second kappa shape index (κ2) is 7.20. The number of benzene rings is 1. The van der Waals surface area contributed by atoms with Gasteiger partial charge in [0, 0.05) is 16.6 Å². The van der Waals surface area contributed by atoms with Gasteiger partial charge in [0.15, 0.2) is 11.5 Å². The molecule has 0 aliphatic carbocycles. The Labute approximate surface area is 124 Å². The van der Waals surface area contributed by atoms with Crippen molar-refractivity contribution in [2.75, 3.05) is 18.5 Å². The van der Waals surface area contributed by atoms with Crippen LogP contribution in [0.5, 0.6) is 11.5 Å². The molecule has 20 heavy (non-hydrogen) atoms. The Bertz CT molecular complexity index is 525. The first-order valence-electron chi connectivity index (χ1n) is 6.94. The van der Waals surface area contributed by atoms with Gasteiger partial charge in [-0.1, -0.05) is 6.07 Å². The molecule has 0 saturated heterocycles. The number of hydrogen-bond acceptors (Lipinski definition) is 4. The summed E-state index contributed by atoms with van der Waals surface area (Å²) >= 11 is 1.76. The lowest BCUT2D eigenvalue weighted by Crippen LogP contribution is -2.05. The van der Waals surface area contributed by atoms with Crippen LogP contribution in [-0.2, 0) is 0 Å². The van der Waals surface area contributed by atoms with E-state index in [1.165, 1.54) is 4.88 Å². The fourth-order valence-corrected chi connectivity index (χ4v) is 2.73. The maximum atomic E-state index is 5.64. The number of thiophene rings is 1. The Morgan fingerprint density at radius 2 is 1.85 bits per heavy atom. The van der Waals surface area contributed by atoms with Crippen molar-refractivity contribution in [3.8, 4) is 11.5 Å². The van der Waals surface area contributed by atoms with E-state index in [9.17, 15) is 0 Å². The van der Waals surface area contributed by atoms with Gasteiger partial charge in [0.25, 0.3) is 0 Å². The summed E-state index contributed by atoms with van der Waals surface area (Å²) in [4.78, 5) is 1.32. The van der Waals surface area contributed by atoms with Crippen LogP contribution in [0.2, 0.25) is 0 Å². The van der Waals surface area contributed by atoms with Crippen molar-refractivity contribution in [2.24, 2.45) is 0 Å². The lowest BCUT2D eigenvalue weighted by molar-refractivity contribution is 0.288. The molecule has 1 N–H and O–H groups in total. The fourth-order valence-electron chi connectivity index (χ4n) is 2.00. The van der Waals surface area contributed by atoms with Crippen LogP contribution in [0.1, 0.15) is 31.7 Å². The average molecular weight is 291 g/mol. The van der Waals surface area contributed by atoms with Crippen molar-refractivity contribution in [2.45, 2.75) is 26.8 Å². The second-order valence-electron chi connectivity index (χ2n) is 4.41. The molecule has 1 aromatic carbocycles. The number of anilines is 1. The first-order valence-corrected chi connectivity index (χ1v) is 7.82. The van der Waals surface area contributed by atoms with Crippen LogP contribution in [0.4, 0.5) is 5.69 Å². The highest BCUT2D eigenvalue weighted by atomic mass is 32.1. The molecule has 1 aromatic heterocycles. The van der Waals surface area contributed by atoms with Gasteiger partial charge in [0.05, 0.1) is 19.3 Å². The smallest absolute Gasteiger partial charge is 0.163 e. The van der Waals surface area contributed by atoms with E-state index >= 15 is 0 Å². The molecule has 0 amide bonds. The number of ether oxygens (including phenoxy) is 2. The normalized spacial score (nSPS) is 11.9. The Kier molecular flexibility index (Phi) is 5.30. The zero-order valence-electron chi connectivity index (χ0n) is 12.2. The Morgan fingerprint density at radius 1 is 1.10 bits per heavy atom. The van der Waals surface area contributed by atoms with Crippen molar-refractivity contribution < 1.29 is 9.47 Å². The molecular formula is C16H21NO2S. The molecule has 3 nitrogen and oxygen atoms in total. The molecule has 0 radical (unpaired) electrons. The third-order valence-electron chi connectivity index (χ3n) is 2.90. The standard InChI is InChI=1S/C16H21NO2S/c1-4-18-14-9-8-13(11-15(14)19-5-2)17-12(3)16-7-6-10-20-16/h6-12,17H,4-5H2,1-3H3. The number of nitrogens with one attached hydrogen (secondary N) is 1. The molecule has 108 valence electrons. The van der Waals surface area contributed by atoms with Crippen molar-refractivity contribution in [1.29, 1.82) is 0 Å². The van der Waals surface area contributed by atoms with Crippen LogP contribution in [0, 0.1) is 0 Å². The minimum atomic E-state index is 0.280. The van der Waals surface area contributed by atoms with Crippen molar-refractivity contribution in [3.63, 3.8) is 0 Å². The molecule has 0 bridgehead atoms. The molecule has 0 saturated carbocycles. The molecule has 4 heteroatoms. The summed E-state index contributed by atoms with van der Waals surface area (Å²) in [5.41, 5.74) is 1.04. The maximum absolute atomic E-state index is 5.64. The van der Waals surface area contributed by atoms with Gasteiger partial charge in [0.2, 0.25) is 0 Å². The van der Waals surface area contributed by atoms with Gasteiger partial charge in [0.1, 0.15) is 0 Å². The third-order valence-corrected chi connectivity index (χ3v) is 3.95. The highest BCUT2D eigenvalue weighted by Crippen LogP contribution is 2.32. The monoisotopic (exact) mass is 291 g/mol. The van der Waals surface area contributed by atoms with E-state index in [-0.39, 0.29) is 6.04 Å². The molecule has 0 aliphatic rings. The molecule has 1 atom stereocenters. The summed E-state index contributed by atoms with van der Waals surface area (Å²) in [5.74, 6) is 1.58. The van der Waals surface area contributed by atoms with Gasteiger partial charge in [-0.3, -0.25) is 0 Å². The summed E-state index contributed by atoms with van der Waals surface area (Å²) in [6, 6.07) is 10.5. The van der Waals surface area contributed by atoms with E-state index in [0.29, 0.717) is 13.2 Å². The fraction of sp³-hybridized carbons (Fsp3) is 0.375. The molecule has 0 aliphatic heterocycles. The first-order chi connectivity index (χ1) is 9.74. The minimum absolute atomic E-state index is 0.280. The topological polar surface area (TPSA) is 30.5 Å². The molecule has 1 heterocycles. The first kappa shape index (κ1) is 14.7. The van der Waals surface area contributed by atoms with Crippen molar-refractivity contribution in [3.05, 3.63) is 40.6 Å². The van der Waals surface area contributed by atoms with E-state index in [1.807, 2.05) is 32.0 Å². The molecule has 0 spiro atoms. The summed E-state index contributed by atoms with van der Waals surface area (Å²) in [5, 5.41) is 5.58. The highest BCUT2D eigenvalue weighted by Gasteiger charge is 2.09. The Balaban J connectivity index is 2.13. The second-order valence-corrected chi connectivity index (χ2v) is 5.39. The predicted molar refractivity (Wildman–Crippen MR) is 85.1 cm³/mol. The van der Waals surface area contributed by atoms with Gasteiger partial charge in [-0.05, 0) is 44.4 Å². The highest BCUT2D eigenvalue weighted by molar-refractivity contribution is 7.10. The van der Waals surface area contributed by atoms with Crippen LogP contribution >= 0.6 is 11.3 Å². The van der Waals surface area contributed by atoms with Gasteiger partial charge >= 0.3 is 0 Å². The number of rotatable bonds is 7. The molecular weight excluding hydrogens is 270 g/mol. The van der Waals surface area contributed by atoms with Crippen LogP contribution in [0.3, 0.4) is 0 Å². The molecule has 2 aromatic rings. The molecule has 1 unspecified atom stereocenters. The Morgan fingerprint density at radius 3 is 2.50 bits per heavy atom. The summed E-state index contributed by atoms with van der Waals surface area (Å²) in [6.45, 7) is 7.37. The van der Waals surface area contributed by atoms with Gasteiger partial charge in [-0.15, -0.1) is 11.3 Å². The van der Waals surface area contributed by atoms with E-state index < -0.39 is 0 Å². The Hall–Kier alpha value is -1.68. The largest absolute Gasteiger partial charge is 0.490 e. The van der Waals surface area contributed by atoms with E-state index in [4.69, 9.17) is 9.47 Å². The molecule has 0 fully saturated rings. The van der Waals surface area contributed by atoms with Gasteiger partial charge in [-0.25, -0.2) is 0 Å². The van der Waals surface area contributed by atoms with Crippen LogP contribution in [-0.4, -0.2) is 13.2 Å². The molecule has 2 rings (SSSR count). The summed E-state index contributed by atoms with van der Waals surface area (Å²) < 4.78 is 11.2. The van der Waals surface area contributed by atoms with Gasteiger partial charge in [-0.2, -0.15) is 0 Å². The maximum Gasteiger partial charge on any atom is 0.163 e. The summed E-state index contributed by atoms with van der Waals surface area (Å²) in [7, 11) is 0. The zero-order chi connectivity index (χ0) is 14.4. The summed E-state index contributed by atoms with van der Waals surface area (Å²) in [6.07, 6.45) is 0. The quantitative estimate of drug-likeness (QED) is 0.800. The lowest BCUT2D eigenvalue weighted by Gasteiger charge is -2.16. The zero-order valence-corrected chi connectivity index (χ0v) is 13.0. The van der Waals surface area contributed by atoms with E-state index in [0.717, 1.165) is 17.2 Å².